The third kappa shape index (κ3) is 6.47. The summed E-state index contributed by atoms with van der Waals surface area (Å²) in [7, 11) is 0. The van der Waals surface area contributed by atoms with E-state index in [1.807, 2.05) is 32.9 Å². The second-order valence-electron chi connectivity index (χ2n) is 8.13. The Morgan fingerprint density at radius 3 is 2.71 bits per heavy atom. The largest absolute Gasteiger partial charge is 0.493 e. The molecule has 0 aliphatic heterocycles. The molecule has 0 saturated heterocycles. The van der Waals surface area contributed by atoms with E-state index in [4.69, 9.17) is 21.1 Å². The highest BCUT2D eigenvalue weighted by Gasteiger charge is 2.27. The molecule has 1 aliphatic carbocycles. The summed E-state index contributed by atoms with van der Waals surface area (Å²) >= 11 is 7.49. The Kier molecular flexibility index (Phi) is 8.38. The van der Waals surface area contributed by atoms with Crippen molar-refractivity contribution in [2.45, 2.75) is 71.8 Å². The van der Waals surface area contributed by atoms with E-state index in [1.165, 1.54) is 16.2 Å². The Morgan fingerprint density at radius 2 is 1.97 bits per heavy atom. The monoisotopic (exact) mass is 463 g/mol. The summed E-state index contributed by atoms with van der Waals surface area (Å²) in [6, 6.07) is 5.47. The Balaban J connectivity index is 1.61. The summed E-state index contributed by atoms with van der Waals surface area (Å²) in [5, 5.41) is 4.26. The predicted octanol–water partition coefficient (Wildman–Crippen LogP) is 6.34. The van der Waals surface area contributed by atoms with E-state index in [9.17, 15) is 9.59 Å². The van der Waals surface area contributed by atoms with Gasteiger partial charge in [-0.1, -0.05) is 18.0 Å². The number of carbonyl (C=O) groups excluding carboxylic acids is 2. The topological polar surface area (TPSA) is 64.6 Å². The van der Waals surface area contributed by atoms with E-state index >= 15 is 0 Å². The molecule has 168 valence electrons. The van der Waals surface area contributed by atoms with Crippen molar-refractivity contribution >= 4 is 39.8 Å². The molecular weight excluding hydrogens is 434 g/mol. The minimum absolute atomic E-state index is 0.119. The van der Waals surface area contributed by atoms with Gasteiger partial charge >= 0.3 is 5.97 Å². The standard InChI is InChI=1S/C24H30ClNO4S/c1-15(2)30-24(28)22-18-8-5-4-6-9-20(18)31-23(22)26-21(27)10-7-13-29-19-12-11-17(25)14-16(19)3/h11-12,14-15H,4-10,13H2,1-3H3,(H,26,27). The number of carbonyl (C=O) groups is 2. The van der Waals surface area contributed by atoms with Crippen molar-refractivity contribution in [3.8, 4) is 5.75 Å². The SMILES string of the molecule is Cc1cc(Cl)ccc1OCCCC(=O)Nc1sc2c(c1C(=O)OC(C)C)CCCCC2. The zero-order chi connectivity index (χ0) is 22.4. The van der Waals surface area contributed by atoms with Crippen LogP contribution in [0.1, 0.15) is 72.3 Å². The quantitative estimate of drug-likeness (QED) is 0.281. The molecule has 7 heteroatoms. The van der Waals surface area contributed by atoms with Gasteiger partial charge in [-0.05, 0) is 82.2 Å². The average Bonchev–Trinajstić information content (AvgIpc) is 2.86. The van der Waals surface area contributed by atoms with Crippen LogP contribution < -0.4 is 10.1 Å². The van der Waals surface area contributed by atoms with Gasteiger partial charge in [0.1, 0.15) is 10.8 Å². The first-order valence-electron chi connectivity index (χ1n) is 10.9. The van der Waals surface area contributed by atoms with Crippen molar-refractivity contribution in [2.75, 3.05) is 11.9 Å². The van der Waals surface area contributed by atoms with Gasteiger partial charge in [0.05, 0.1) is 18.3 Å². The average molecular weight is 464 g/mol. The number of rotatable bonds is 8. The molecule has 0 unspecified atom stereocenters. The number of anilines is 1. The number of halogens is 1. The van der Waals surface area contributed by atoms with E-state index in [-0.39, 0.29) is 18.0 Å². The number of benzene rings is 1. The lowest BCUT2D eigenvalue weighted by molar-refractivity contribution is -0.116. The Hall–Kier alpha value is -2.05. The van der Waals surface area contributed by atoms with Crippen LogP contribution in [0.3, 0.4) is 0 Å². The van der Waals surface area contributed by atoms with Gasteiger partial charge in [0, 0.05) is 16.3 Å². The number of amides is 1. The van der Waals surface area contributed by atoms with E-state index < -0.39 is 0 Å². The molecule has 1 aliphatic rings. The van der Waals surface area contributed by atoms with E-state index in [2.05, 4.69) is 5.32 Å². The predicted molar refractivity (Wildman–Crippen MR) is 126 cm³/mol. The van der Waals surface area contributed by atoms with Gasteiger partial charge in [-0.15, -0.1) is 11.3 Å². The maximum Gasteiger partial charge on any atom is 0.341 e. The third-order valence-electron chi connectivity index (χ3n) is 5.16. The molecule has 2 aromatic rings. The van der Waals surface area contributed by atoms with Gasteiger partial charge in [-0.25, -0.2) is 4.79 Å². The first-order valence-corrected chi connectivity index (χ1v) is 12.1. The van der Waals surface area contributed by atoms with Crippen LogP contribution in [0.5, 0.6) is 5.75 Å². The molecule has 1 aromatic carbocycles. The van der Waals surface area contributed by atoms with Crippen LogP contribution in [0.15, 0.2) is 18.2 Å². The summed E-state index contributed by atoms with van der Waals surface area (Å²) in [5.74, 6) is 0.309. The Bertz CT molecular complexity index is 938. The maximum atomic E-state index is 12.8. The van der Waals surface area contributed by atoms with Crippen molar-refractivity contribution < 1.29 is 19.1 Å². The number of ether oxygens (including phenoxy) is 2. The van der Waals surface area contributed by atoms with Crippen molar-refractivity contribution in [1.82, 2.24) is 0 Å². The van der Waals surface area contributed by atoms with Crippen LogP contribution in [-0.4, -0.2) is 24.6 Å². The number of aryl methyl sites for hydroxylation is 2. The van der Waals surface area contributed by atoms with Crippen LogP contribution in [0.4, 0.5) is 5.00 Å². The third-order valence-corrected chi connectivity index (χ3v) is 6.61. The first-order chi connectivity index (χ1) is 14.8. The molecule has 0 fully saturated rings. The Morgan fingerprint density at radius 1 is 1.19 bits per heavy atom. The molecule has 0 atom stereocenters. The van der Waals surface area contributed by atoms with Crippen LogP contribution in [0, 0.1) is 6.92 Å². The lowest BCUT2D eigenvalue weighted by atomic mass is 10.1. The minimum Gasteiger partial charge on any atom is -0.493 e. The molecule has 0 spiro atoms. The van der Waals surface area contributed by atoms with Gasteiger partial charge in [0.25, 0.3) is 0 Å². The molecule has 0 radical (unpaired) electrons. The van der Waals surface area contributed by atoms with Crippen molar-refractivity contribution in [2.24, 2.45) is 0 Å². The highest BCUT2D eigenvalue weighted by atomic mass is 35.5. The number of nitrogens with one attached hydrogen (secondary N) is 1. The number of thiophene rings is 1. The molecule has 31 heavy (non-hydrogen) atoms. The van der Waals surface area contributed by atoms with Crippen LogP contribution in [-0.2, 0) is 22.4 Å². The lowest BCUT2D eigenvalue weighted by Crippen LogP contribution is -2.17. The van der Waals surface area contributed by atoms with Crippen molar-refractivity contribution in [3.05, 3.63) is 44.8 Å². The summed E-state index contributed by atoms with van der Waals surface area (Å²) < 4.78 is 11.2. The fourth-order valence-corrected chi connectivity index (χ4v) is 5.22. The highest BCUT2D eigenvalue weighted by Crippen LogP contribution is 2.38. The lowest BCUT2D eigenvalue weighted by Gasteiger charge is -2.12. The van der Waals surface area contributed by atoms with Gasteiger partial charge in [0.15, 0.2) is 0 Å². The molecule has 0 saturated carbocycles. The Labute approximate surface area is 193 Å². The van der Waals surface area contributed by atoms with E-state index in [0.29, 0.717) is 35.0 Å². The van der Waals surface area contributed by atoms with Crippen LogP contribution >= 0.6 is 22.9 Å². The van der Waals surface area contributed by atoms with E-state index in [1.54, 1.807) is 6.07 Å². The van der Waals surface area contributed by atoms with Crippen molar-refractivity contribution in [3.63, 3.8) is 0 Å². The molecule has 1 heterocycles. The molecule has 0 bridgehead atoms. The van der Waals surface area contributed by atoms with Crippen LogP contribution in [0.25, 0.3) is 0 Å². The van der Waals surface area contributed by atoms with Crippen LogP contribution in [0.2, 0.25) is 5.02 Å². The normalized spacial score (nSPS) is 13.5. The van der Waals surface area contributed by atoms with Gasteiger partial charge in [0.2, 0.25) is 5.91 Å². The fraction of sp³-hybridized carbons (Fsp3) is 0.500. The molecule has 1 aromatic heterocycles. The number of fused-ring (bicyclic) bond motifs is 1. The fourth-order valence-electron chi connectivity index (χ4n) is 3.70. The highest BCUT2D eigenvalue weighted by molar-refractivity contribution is 7.17. The number of hydrogen-bond acceptors (Lipinski definition) is 5. The van der Waals surface area contributed by atoms with E-state index in [0.717, 1.165) is 49.0 Å². The molecular formula is C24H30ClNO4S. The summed E-state index contributed by atoms with van der Waals surface area (Å²) in [4.78, 5) is 26.6. The first kappa shape index (κ1) is 23.6. The smallest absolute Gasteiger partial charge is 0.341 e. The zero-order valence-electron chi connectivity index (χ0n) is 18.4. The number of hydrogen-bond donors (Lipinski definition) is 1. The second kappa shape index (κ2) is 11.0. The van der Waals surface area contributed by atoms with Gasteiger partial charge < -0.3 is 14.8 Å². The summed E-state index contributed by atoms with van der Waals surface area (Å²) in [5.41, 5.74) is 2.58. The number of esters is 1. The van der Waals surface area contributed by atoms with Crippen molar-refractivity contribution in [1.29, 1.82) is 0 Å². The molecule has 3 rings (SSSR count). The minimum atomic E-state index is -0.341. The second-order valence-corrected chi connectivity index (χ2v) is 9.67. The molecule has 1 amide bonds. The molecule has 1 N–H and O–H groups in total. The zero-order valence-corrected chi connectivity index (χ0v) is 20.0. The summed E-state index contributed by atoms with van der Waals surface area (Å²) in [6.07, 6.45) is 5.82. The van der Waals surface area contributed by atoms with Gasteiger partial charge in [-0.2, -0.15) is 0 Å². The molecule has 5 nitrogen and oxygen atoms in total. The maximum absolute atomic E-state index is 12.8. The summed E-state index contributed by atoms with van der Waals surface area (Å²) in [6.45, 7) is 6.04. The van der Waals surface area contributed by atoms with Gasteiger partial charge in [-0.3, -0.25) is 4.79 Å².